The van der Waals surface area contributed by atoms with Crippen LogP contribution in [0.3, 0.4) is 0 Å². The molecule has 0 aliphatic rings. The van der Waals surface area contributed by atoms with Crippen molar-refractivity contribution in [1.82, 2.24) is 5.32 Å². The molecule has 0 rings (SSSR count). The molecule has 9 heavy (non-hydrogen) atoms. The lowest BCUT2D eigenvalue weighted by atomic mass is 10.2. The predicted molar refractivity (Wildman–Crippen MR) is 42.5 cm³/mol. The molecule has 0 fully saturated rings. The third-order valence-electron chi connectivity index (χ3n) is 1.17. The van der Waals surface area contributed by atoms with E-state index in [-0.39, 0.29) is 0 Å². The smallest absolute Gasteiger partial charge is 0.0281 e. The minimum atomic E-state index is 0.410. The van der Waals surface area contributed by atoms with Crippen LogP contribution in [-0.4, -0.2) is 12.6 Å². The van der Waals surface area contributed by atoms with Crippen LogP contribution in [0.1, 0.15) is 13.3 Å². The highest BCUT2D eigenvalue weighted by Crippen LogP contribution is 1.91. The average Bonchev–Trinajstić information content (AvgIpc) is 1.88. The molecule has 0 amide bonds. The summed E-state index contributed by atoms with van der Waals surface area (Å²) in [6.07, 6.45) is 4.78. The van der Waals surface area contributed by atoms with Gasteiger partial charge in [-0.3, -0.25) is 0 Å². The number of hydrogen-bond donors (Lipinski definition) is 1. The normalized spacial score (nSPS) is 12.6. The molecule has 0 aromatic carbocycles. The van der Waals surface area contributed by atoms with Crippen LogP contribution in [0.25, 0.3) is 0 Å². The molecular formula is C8H15N. The van der Waals surface area contributed by atoms with Gasteiger partial charge in [-0.25, -0.2) is 0 Å². The fourth-order valence-corrected chi connectivity index (χ4v) is 0.705. The van der Waals surface area contributed by atoms with Gasteiger partial charge in [0.15, 0.2) is 0 Å². The van der Waals surface area contributed by atoms with Gasteiger partial charge in [0.1, 0.15) is 0 Å². The summed E-state index contributed by atoms with van der Waals surface area (Å²) < 4.78 is 0. The lowest BCUT2D eigenvalue weighted by Gasteiger charge is -2.08. The highest BCUT2D eigenvalue weighted by molar-refractivity contribution is 4.90. The summed E-state index contributed by atoms with van der Waals surface area (Å²) in [6, 6.07) is 0.410. The van der Waals surface area contributed by atoms with Crippen LogP contribution in [0.2, 0.25) is 0 Å². The third-order valence-corrected chi connectivity index (χ3v) is 1.17. The number of likely N-dealkylation sites (N-methyl/N-ethyl adjacent to an activating group) is 1. The molecule has 0 spiro atoms. The Labute approximate surface area is 57.5 Å². The molecule has 1 atom stereocenters. The van der Waals surface area contributed by atoms with E-state index in [9.17, 15) is 0 Å². The first-order valence-corrected chi connectivity index (χ1v) is 3.32. The number of nitrogens with one attached hydrogen (secondary N) is 1. The van der Waals surface area contributed by atoms with Gasteiger partial charge in [0.05, 0.1) is 0 Å². The second-order valence-corrected chi connectivity index (χ2v) is 1.92. The summed E-state index contributed by atoms with van der Waals surface area (Å²) in [5.41, 5.74) is 0. The van der Waals surface area contributed by atoms with Gasteiger partial charge in [-0.05, 0) is 13.0 Å². The molecule has 1 heteroatoms. The van der Waals surface area contributed by atoms with Crippen molar-refractivity contribution in [2.75, 3.05) is 6.54 Å². The molecule has 1 N–H and O–H groups in total. The maximum Gasteiger partial charge on any atom is 0.0281 e. The summed E-state index contributed by atoms with van der Waals surface area (Å²) in [5, 5.41) is 3.24. The Morgan fingerprint density at radius 2 is 2.22 bits per heavy atom. The Bertz CT molecular complexity index is 86.6. The molecule has 0 aromatic heterocycles. The van der Waals surface area contributed by atoms with E-state index in [0.717, 1.165) is 13.0 Å². The van der Waals surface area contributed by atoms with E-state index in [1.54, 1.807) is 0 Å². The highest BCUT2D eigenvalue weighted by Gasteiger charge is 1.95. The van der Waals surface area contributed by atoms with E-state index >= 15 is 0 Å². The first kappa shape index (κ1) is 8.44. The Balaban J connectivity index is 3.40. The van der Waals surface area contributed by atoms with Crippen molar-refractivity contribution < 1.29 is 0 Å². The first-order valence-electron chi connectivity index (χ1n) is 3.32. The summed E-state index contributed by atoms with van der Waals surface area (Å²) in [4.78, 5) is 0. The van der Waals surface area contributed by atoms with Crippen LogP contribution in [-0.2, 0) is 0 Å². The zero-order chi connectivity index (χ0) is 7.11. The van der Waals surface area contributed by atoms with Gasteiger partial charge in [-0.15, -0.1) is 13.2 Å². The molecule has 1 unspecified atom stereocenters. The molecule has 0 aliphatic carbocycles. The zero-order valence-corrected chi connectivity index (χ0v) is 6.06. The fourth-order valence-electron chi connectivity index (χ4n) is 0.705. The molecule has 0 aromatic rings. The summed E-state index contributed by atoms with van der Waals surface area (Å²) >= 11 is 0. The van der Waals surface area contributed by atoms with Crippen LogP contribution in [0.4, 0.5) is 0 Å². The molecule has 0 heterocycles. The Morgan fingerprint density at radius 3 is 2.56 bits per heavy atom. The van der Waals surface area contributed by atoms with E-state index < -0.39 is 0 Å². The lowest BCUT2D eigenvalue weighted by molar-refractivity contribution is 0.623. The molecule has 52 valence electrons. The third kappa shape index (κ3) is 3.98. The number of hydrogen-bond acceptors (Lipinski definition) is 1. The van der Waals surface area contributed by atoms with Crippen LogP contribution < -0.4 is 5.32 Å². The largest absolute Gasteiger partial charge is 0.310 e. The van der Waals surface area contributed by atoms with E-state index in [4.69, 9.17) is 0 Å². The molecular weight excluding hydrogens is 110 g/mol. The van der Waals surface area contributed by atoms with Crippen LogP contribution in [0, 0.1) is 0 Å². The van der Waals surface area contributed by atoms with Crippen LogP contribution >= 0.6 is 0 Å². The molecule has 1 nitrogen and oxygen atoms in total. The van der Waals surface area contributed by atoms with Gasteiger partial charge in [0.2, 0.25) is 0 Å². The van der Waals surface area contributed by atoms with Crippen molar-refractivity contribution in [3.05, 3.63) is 25.3 Å². The second kappa shape index (κ2) is 5.57. The summed E-state index contributed by atoms with van der Waals surface area (Å²) in [6.45, 7) is 10.4. The summed E-state index contributed by atoms with van der Waals surface area (Å²) in [7, 11) is 0. The van der Waals surface area contributed by atoms with Crippen molar-refractivity contribution in [2.24, 2.45) is 0 Å². The Kier molecular flexibility index (Phi) is 5.23. The molecule has 0 aliphatic heterocycles. The zero-order valence-electron chi connectivity index (χ0n) is 6.06. The van der Waals surface area contributed by atoms with Crippen molar-refractivity contribution in [2.45, 2.75) is 19.4 Å². The Morgan fingerprint density at radius 1 is 1.56 bits per heavy atom. The minimum absolute atomic E-state index is 0.410. The van der Waals surface area contributed by atoms with Crippen LogP contribution in [0.15, 0.2) is 25.3 Å². The summed E-state index contributed by atoms with van der Waals surface area (Å²) in [5.74, 6) is 0. The maximum atomic E-state index is 3.69. The lowest BCUT2D eigenvalue weighted by Crippen LogP contribution is -2.25. The monoisotopic (exact) mass is 125 g/mol. The molecule has 0 bridgehead atoms. The van der Waals surface area contributed by atoms with E-state index in [2.05, 4.69) is 25.4 Å². The molecule has 0 saturated heterocycles. The predicted octanol–water partition coefficient (Wildman–Crippen LogP) is 1.73. The second-order valence-electron chi connectivity index (χ2n) is 1.92. The van der Waals surface area contributed by atoms with E-state index in [1.807, 2.05) is 12.2 Å². The van der Waals surface area contributed by atoms with Gasteiger partial charge in [-0.2, -0.15) is 0 Å². The topological polar surface area (TPSA) is 12.0 Å². The van der Waals surface area contributed by atoms with Gasteiger partial charge in [0.25, 0.3) is 0 Å². The Hall–Kier alpha value is -0.560. The average molecular weight is 125 g/mol. The van der Waals surface area contributed by atoms with Gasteiger partial charge < -0.3 is 5.32 Å². The van der Waals surface area contributed by atoms with E-state index in [1.165, 1.54) is 0 Å². The van der Waals surface area contributed by atoms with Gasteiger partial charge in [0, 0.05) is 6.04 Å². The van der Waals surface area contributed by atoms with Crippen LogP contribution in [0.5, 0.6) is 0 Å². The minimum Gasteiger partial charge on any atom is -0.310 e. The molecule has 0 radical (unpaired) electrons. The van der Waals surface area contributed by atoms with Gasteiger partial charge >= 0.3 is 0 Å². The first-order chi connectivity index (χ1) is 4.35. The maximum absolute atomic E-state index is 3.69. The quantitative estimate of drug-likeness (QED) is 0.552. The number of rotatable bonds is 5. The van der Waals surface area contributed by atoms with E-state index in [0.29, 0.717) is 6.04 Å². The van der Waals surface area contributed by atoms with Gasteiger partial charge in [-0.1, -0.05) is 19.1 Å². The SMILES string of the molecule is C=CCC(C=C)NCC. The van der Waals surface area contributed by atoms with Crippen molar-refractivity contribution in [3.8, 4) is 0 Å². The van der Waals surface area contributed by atoms with Crippen molar-refractivity contribution >= 4 is 0 Å². The highest BCUT2D eigenvalue weighted by atomic mass is 14.9. The van der Waals surface area contributed by atoms with Crippen molar-refractivity contribution in [3.63, 3.8) is 0 Å². The standard InChI is InChI=1S/C8H15N/c1-4-7-8(5-2)9-6-3/h4-5,8-9H,1-2,6-7H2,3H3. The molecule has 0 saturated carbocycles. The fraction of sp³-hybridized carbons (Fsp3) is 0.500. The van der Waals surface area contributed by atoms with Crippen molar-refractivity contribution in [1.29, 1.82) is 0 Å².